The minimum Gasteiger partial charge on any atom is -0.387 e. The van der Waals surface area contributed by atoms with E-state index in [9.17, 15) is 24.5 Å². The van der Waals surface area contributed by atoms with E-state index in [1.54, 1.807) is 13.8 Å². The first-order valence-corrected chi connectivity index (χ1v) is 9.08. The van der Waals surface area contributed by atoms with Crippen molar-refractivity contribution in [1.29, 1.82) is 0 Å². The van der Waals surface area contributed by atoms with E-state index in [2.05, 4.69) is 0 Å². The maximum atomic E-state index is 11.7. The molecule has 10 nitrogen and oxygen atoms in total. The summed E-state index contributed by atoms with van der Waals surface area (Å²) in [5.74, 6) is -0.658. The normalized spacial score (nSPS) is 28.9. The average Bonchev–Trinajstić information content (AvgIpc) is 2.80. The Bertz CT molecular complexity index is 670. The van der Waals surface area contributed by atoms with Gasteiger partial charge in [0.25, 0.3) is 12.1 Å². The van der Waals surface area contributed by atoms with Gasteiger partial charge in [0.2, 0.25) is 0 Å². The van der Waals surface area contributed by atoms with Crippen LogP contribution in [0.15, 0.2) is 24.5 Å². The predicted octanol–water partition coefficient (Wildman–Crippen LogP) is -0.766. The summed E-state index contributed by atoms with van der Waals surface area (Å²) in [5.41, 5.74) is 5.40. The molecule has 0 aromatic carbocycles. The number of primary amides is 1. The maximum absolute atomic E-state index is 11.7. The number of phosphoric ester groups is 1. The number of nitrogens with two attached hydrogens (primary N) is 1. The van der Waals surface area contributed by atoms with Crippen molar-refractivity contribution < 1.29 is 42.8 Å². The van der Waals surface area contributed by atoms with Gasteiger partial charge in [-0.15, -0.1) is 0 Å². The zero-order chi connectivity index (χ0) is 18.8. The molecule has 0 saturated carbocycles. The molecule has 2 rings (SSSR count). The van der Waals surface area contributed by atoms with Crippen LogP contribution in [0.25, 0.3) is 0 Å². The van der Waals surface area contributed by atoms with Crippen LogP contribution in [-0.2, 0) is 18.3 Å². The van der Waals surface area contributed by atoms with Crippen molar-refractivity contribution in [2.24, 2.45) is 5.73 Å². The fourth-order valence-electron chi connectivity index (χ4n) is 2.37. The molecule has 1 unspecified atom stereocenters. The minimum atomic E-state index is -4.30. The Morgan fingerprint density at radius 1 is 1.44 bits per heavy atom. The molecule has 2 heterocycles. The lowest BCUT2D eigenvalue weighted by atomic mass is 10.1. The predicted molar refractivity (Wildman–Crippen MR) is 83.1 cm³/mol. The zero-order valence-corrected chi connectivity index (χ0v) is 14.7. The average molecular weight is 377 g/mol. The summed E-state index contributed by atoms with van der Waals surface area (Å²) in [6, 6.07) is 3.02. The number of rotatable bonds is 7. The van der Waals surface area contributed by atoms with Crippen molar-refractivity contribution in [2.75, 3.05) is 6.61 Å². The number of aliphatic hydroxyl groups excluding tert-OH is 2. The summed E-state index contributed by atoms with van der Waals surface area (Å²) in [4.78, 5) is 20.8. The van der Waals surface area contributed by atoms with Gasteiger partial charge in [-0.2, -0.15) is 4.57 Å². The molecule has 0 bridgehead atoms. The van der Waals surface area contributed by atoms with Gasteiger partial charge in [-0.25, -0.2) is 4.57 Å². The summed E-state index contributed by atoms with van der Waals surface area (Å²) >= 11 is 0. The van der Waals surface area contributed by atoms with Crippen LogP contribution in [0.3, 0.4) is 0 Å². The van der Waals surface area contributed by atoms with Crippen molar-refractivity contribution >= 4 is 13.7 Å². The molecule has 5 N–H and O–H groups in total. The number of pyridine rings is 1. The molecule has 5 atom stereocenters. The van der Waals surface area contributed by atoms with Crippen LogP contribution in [0.4, 0.5) is 0 Å². The van der Waals surface area contributed by atoms with Gasteiger partial charge in [0.1, 0.15) is 17.8 Å². The Balaban J connectivity index is 2.07. The highest BCUT2D eigenvalue weighted by Crippen LogP contribution is 2.45. The number of nitrogens with zero attached hydrogens (tertiary/aromatic N) is 1. The number of phosphoric acid groups is 1. The largest absolute Gasteiger partial charge is 0.472 e. The highest BCUT2D eigenvalue weighted by atomic mass is 31.2. The Hall–Kier alpha value is -1.39. The highest BCUT2D eigenvalue weighted by Gasteiger charge is 2.49. The molecule has 1 fully saturated rings. The zero-order valence-electron chi connectivity index (χ0n) is 13.8. The van der Waals surface area contributed by atoms with Gasteiger partial charge in [-0.1, -0.05) is 0 Å². The maximum Gasteiger partial charge on any atom is 0.472 e. The summed E-state index contributed by atoms with van der Waals surface area (Å²) in [6.45, 7) is 2.66. The van der Waals surface area contributed by atoms with Crippen LogP contribution in [0.1, 0.15) is 30.4 Å². The number of hydrogen-bond donors (Lipinski definition) is 4. The van der Waals surface area contributed by atoms with Gasteiger partial charge in [-0.3, -0.25) is 13.8 Å². The second-order valence-corrected chi connectivity index (χ2v) is 7.27. The first kappa shape index (κ1) is 19.9. The lowest BCUT2D eigenvalue weighted by Crippen LogP contribution is -2.46. The number of ether oxygens (including phenoxy) is 1. The quantitative estimate of drug-likeness (QED) is 0.357. The van der Waals surface area contributed by atoms with Crippen molar-refractivity contribution in [3.05, 3.63) is 30.1 Å². The number of aromatic nitrogens is 1. The third kappa shape index (κ3) is 5.05. The van der Waals surface area contributed by atoms with Crippen molar-refractivity contribution in [3.63, 3.8) is 0 Å². The lowest BCUT2D eigenvalue weighted by Gasteiger charge is -2.18. The first-order valence-electron chi connectivity index (χ1n) is 7.58. The molecule has 0 radical (unpaired) electrons. The van der Waals surface area contributed by atoms with Gasteiger partial charge in [0.05, 0.1) is 12.7 Å². The number of carbonyl (C=O) groups is 1. The molecule has 25 heavy (non-hydrogen) atoms. The molecule has 140 valence electrons. The molecule has 1 aliphatic heterocycles. The summed E-state index contributed by atoms with van der Waals surface area (Å²) in [5, 5.41) is 20.2. The van der Waals surface area contributed by atoms with Crippen LogP contribution in [0.2, 0.25) is 0 Å². The fraction of sp³-hybridized carbons (Fsp3) is 0.571. The second kappa shape index (κ2) is 7.88. The molecule has 1 amide bonds. The second-order valence-electron chi connectivity index (χ2n) is 5.87. The van der Waals surface area contributed by atoms with Gasteiger partial charge in [-0.05, 0) is 19.9 Å². The Morgan fingerprint density at radius 3 is 2.72 bits per heavy atom. The van der Waals surface area contributed by atoms with Crippen LogP contribution < -0.4 is 10.3 Å². The number of carbonyl (C=O) groups excluding carboxylic acids is 1. The molecule has 11 heteroatoms. The molecular formula is C14H22N2O8P+. The Kier molecular flexibility index (Phi) is 6.28. The van der Waals surface area contributed by atoms with E-state index >= 15 is 0 Å². The number of amides is 1. The van der Waals surface area contributed by atoms with Gasteiger partial charge < -0.3 is 25.6 Å². The lowest BCUT2D eigenvalue weighted by molar-refractivity contribution is -0.765. The molecular weight excluding hydrogens is 355 g/mol. The fourth-order valence-corrected chi connectivity index (χ4v) is 3.30. The van der Waals surface area contributed by atoms with Crippen molar-refractivity contribution in [1.82, 2.24) is 0 Å². The summed E-state index contributed by atoms with van der Waals surface area (Å²) < 4.78 is 28.1. The standard InChI is InChI=1S/C14H21N2O8P/c1-8(2)24-25(20,21)22-7-10-11(17)12(18)14(23-10)16-5-3-4-9(6-16)13(15)19/h3-6,8,10-12,14,17-18H,7H2,1-2H3,(H2-,15,19,20,21)/p+1/t10-,11-,12-,14-/m1/s1. The van der Waals surface area contributed by atoms with E-state index in [0.717, 1.165) is 0 Å². The Morgan fingerprint density at radius 2 is 2.12 bits per heavy atom. The highest BCUT2D eigenvalue weighted by molar-refractivity contribution is 7.47. The van der Waals surface area contributed by atoms with E-state index in [0.29, 0.717) is 0 Å². The molecule has 1 aromatic heterocycles. The number of aliphatic hydroxyl groups is 2. The number of hydrogen-bond acceptors (Lipinski definition) is 7. The molecule has 1 aliphatic rings. The topological polar surface area (TPSA) is 152 Å². The van der Waals surface area contributed by atoms with Crippen LogP contribution in [0, 0.1) is 0 Å². The SMILES string of the molecule is CC(C)OP(=O)(O)OC[C@H]1O[C@@H]([n+]2cccc(C(N)=O)c2)[C@H](O)[C@@H]1O. The van der Waals surface area contributed by atoms with Crippen molar-refractivity contribution in [3.8, 4) is 0 Å². The minimum absolute atomic E-state index is 0.192. The van der Waals surface area contributed by atoms with Crippen molar-refractivity contribution in [2.45, 2.75) is 44.5 Å². The third-order valence-corrected chi connectivity index (χ3v) is 4.65. The molecule has 0 aliphatic carbocycles. The molecule has 1 saturated heterocycles. The third-order valence-electron chi connectivity index (χ3n) is 3.48. The molecule has 0 spiro atoms. The van der Waals surface area contributed by atoms with Crippen LogP contribution in [0.5, 0.6) is 0 Å². The van der Waals surface area contributed by atoms with E-state index in [1.165, 1.54) is 29.1 Å². The van der Waals surface area contributed by atoms with Crippen LogP contribution in [-0.4, -0.2) is 52.0 Å². The van der Waals surface area contributed by atoms with E-state index < -0.39 is 51.0 Å². The van der Waals surface area contributed by atoms with E-state index in [-0.39, 0.29) is 5.56 Å². The summed E-state index contributed by atoms with van der Waals surface area (Å²) in [6.07, 6.45) is -2.44. The monoisotopic (exact) mass is 377 g/mol. The first-order chi connectivity index (χ1) is 11.6. The van der Waals surface area contributed by atoms with E-state index in [1.807, 2.05) is 0 Å². The van der Waals surface area contributed by atoms with Gasteiger partial charge >= 0.3 is 7.82 Å². The van der Waals surface area contributed by atoms with Gasteiger partial charge in [0, 0.05) is 6.07 Å². The smallest absolute Gasteiger partial charge is 0.387 e. The molecule has 1 aromatic rings. The van der Waals surface area contributed by atoms with E-state index in [4.69, 9.17) is 19.5 Å². The summed E-state index contributed by atoms with van der Waals surface area (Å²) in [7, 11) is -4.30. The Labute approximate surface area is 144 Å². The van der Waals surface area contributed by atoms with Gasteiger partial charge in [0.15, 0.2) is 18.5 Å². The van der Waals surface area contributed by atoms with Crippen LogP contribution >= 0.6 is 7.82 Å².